The van der Waals surface area contributed by atoms with Gasteiger partial charge in [0.2, 0.25) is 4.38 Å². The quantitative estimate of drug-likeness (QED) is 0.674. The predicted octanol–water partition coefficient (Wildman–Crippen LogP) is 3.78. The lowest BCUT2D eigenvalue weighted by Gasteiger charge is -2.19. The average molecular weight is 327 g/mol. The molecule has 6 heteroatoms. The van der Waals surface area contributed by atoms with Crippen LogP contribution in [0.4, 0.5) is 4.79 Å². The molecule has 1 N–H and O–H groups in total. The Bertz CT molecular complexity index is 481. The molecule has 0 spiro atoms. The maximum Gasteiger partial charge on any atom is 0.407 e. The number of thiocarbonyl (C=S) groups is 1. The van der Waals surface area contributed by atoms with Gasteiger partial charge < -0.3 is 14.8 Å². The molecule has 0 aromatic heterocycles. The van der Waals surface area contributed by atoms with Crippen LogP contribution in [0.15, 0.2) is 29.2 Å². The van der Waals surface area contributed by atoms with E-state index in [-0.39, 0.29) is 6.09 Å². The molecule has 0 aliphatic carbocycles. The van der Waals surface area contributed by atoms with E-state index in [2.05, 4.69) is 5.32 Å². The number of alkyl carbamates (subject to hydrolysis) is 1. The zero-order valence-corrected chi connectivity index (χ0v) is 14.4. The molecule has 1 aromatic carbocycles. The lowest BCUT2D eigenvalue weighted by atomic mass is 10.1. The molecule has 1 amide bonds. The Labute approximate surface area is 135 Å². The molecule has 0 atom stereocenters. The van der Waals surface area contributed by atoms with Gasteiger partial charge in [-0.05, 0) is 68.9 Å². The normalized spacial score (nSPS) is 10.9. The second kappa shape index (κ2) is 8.24. The standard InChI is InChI=1S/C15H21NO3S2/c1-15(2,3)19-13(17)16-10-9-11-5-7-12(8-6-11)21-14(20)18-4/h5-8H,9-10H2,1-4H3,(H,16,17). The third-order valence-electron chi connectivity index (χ3n) is 2.37. The Hall–Kier alpha value is -1.27. The van der Waals surface area contributed by atoms with Crippen molar-refractivity contribution in [2.24, 2.45) is 0 Å². The number of amides is 1. The van der Waals surface area contributed by atoms with Gasteiger partial charge in [0.25, 0.3) is 0 Å². The number of rotatable bonds is 4. The minimum atomic E-state index is -0.470. The van der Waals surface area contributed by atoms with E-state index in [4.69, 9.17) is 21.7 Å². The van der Waals surface area contributed by atoms with E-state index < -0.39 is 5.60 Å². The molecule has 0 saturated carbocycles. The molecule has 0 fully saturated rings. The van der Waals surface area contributed by atoms with E-state index in [9.17, 15) is 4.79 Å². The number of methoxy groups -OCH3 is 1. The van der Waals surface area contributed by atoms with E-state index >= 15 is 0 Å². The minimum absolute atomic E-state index is 0.389. The van der Waals surface area contributed by atoms with Gasteiger partial charge in [0.1, 0.15) is 5.60 Å². The van der Waals surface area contributed by atoms with Crippen molar-refractivity contribution in [1.29, 1.82) is 0 Å². The maximum absolute atomic E-state index is 11.5. The number of carbonyl (C=O) groups excluding carboxylic acids is 1. The SMILES string of the molecule is COC(=S)Sc1ccc(CCNC(=O)OC(C)(C)C)cc1. The highest BCUT2D eigenvalue weighted by molar-refractivity contribution is 8.22. The van der Waals surface area contributed by atoms with Crippen LogP contribution in [0.3, 0.4) is 0 Å². The van der Waals surface area contributed by atoms with Gasteiger partial charge in [0.15, 0.2) is 0 Å². The van der Waals surface area contributed by atoms with E-state index in [0.717, 1.165) is 16.9 Å². The number of benzene rings is 1. The fraction of sp³-hybridized carbons (Fsp3) is 0.467. The van der Waals surface area contributed by atoms with Gasteiger partial charge >= 0.3 is 6.09 Å². The number of thioether (sulfide) groups is 1. The van der Waals surface area contributed by atoms with Gasteiger partial charge in [-0.25, -0.2) is 4.79 Å². The van der Waals surface area contributed by atoms with E-state index in [1.165, 1.54) is 11.8 Å². The first kappa shape index (κ1) is 17.8. The van der Waals surface area contributed by atoms with Crippen molar-refractivity contribution < 1.29 is 14.3 Å². The Kier molecular flexibility index (Phi) is 6.98. The Balaban J connectivity index is 2.36. The molecule has 0 unspecified atom stereocenters. The molecule has 116 valence electrons. The summed E-state index contributed by atoms with van der Waals surface area (Å²) in [5.41, 5.74) is 0.668. The number of ether oxygens (including phenoxy) is 2. The van der Waals surface area contributed by atoms with Crippen molar-refractivity contribution in [3.8, 4) is 0 Å². The lowest BCUT2D eigenvalue weighted by molar-refractivity contribution is 0.0528. The number of carbonyl (C=O) groups is 1. The Morgan fingerprint density at radius 2 is 1.90 bits per heavy atom. The summed E-state index contributed by atoms with van der Waals surface area (Å²) >= 11 is 6.40. The summed E-state index contributed by atoms with van der Waals surface area (Å²) in [6.45, 7) is 6.06. The Morgan fingerprint density at radius 3 is 2.43 bits per heavy atom. The maximum atomic E-state index is 11.5. The first-order chi connectivity index (χ1) is 9.80. The fourth-order valence-electron chi connectivity index (χ4n) is 1.49. The first-order valence-electron chi connectivity index (χ1n) is 6.62. The van der Waals surface area contributed by atoms with E-state index in [0.29, 0.717) is 10.9 Å². The van der Waals surface area contributed by atoms with Crippen LogP contribution in [0.2, 0.25) is 0 Å². The van der Waals surface area contributed by atoms with E-state index in [1.807, 2.05) is 45.0 Å². The number of nitrogens with one attached hydrogen (secondary N) is 1. The third kappa shape index (κ3) is 7.92. The summed E-state index contributed by atoms with van der Waals surface area (Å²) < 4.78 is 10.6. The summed E-state index contributed by atoms with van der Waals surface area (Å²) in [6, 6.07) is 7.99. The van der Waals surface area contributed by atoms with Crippen molar-refractivity contribution in [2.45, 2.75) is 37.7 Å². The predicted molar refractivity (Wildman–Crippen MR) is 89.8 cm³/mol. The summed E-state index contributed by atoms with van der Waals surface area (Å²) in [5, 5.41) is 2.74. The highest BCUT2D eigenvalue weighted by Crippen LogP contribution is 2.20. The van der Waals surface area contributed by atoms with Gasteiger partial charge in [-0.15, -0.1) is 0 Å². The second-order valence-corrected chi connectivity index (χ2v) is 7.05. The third-order valence-corrected chi connectivity index (χ3v) is 3.63. The monoisotopic (exact) mass is 327 g/mol. The molecular formula is C15H21NO3S2. The molecule has 1 rings (SSSR count). The van der Waals surface area contributed by atoms with Crippen molar-refractivity contribution in [1.82, 2.24) is 5.32 Å². The minimum Gasteiger partial charge on any atom is -0.482 e. The lowest BCUT2D eigenvalue weighted by Crippen LogP contribution is -2.33. The second-order valence-electron chi connectivity index (χ2n) is 5.38. The molecule has 1 aromatic rings. The van der Waals surface area contributed by atoms with Crippen LogP contribution >= 0.6 is 24.0 Å². The topological polar surface area (TPSA) is 47.6 Å². The summed E-state index contributed by atoms with van der Waals surface area (Å²) in [4.78, 5) is 12.5. The van der Waals surface area contributed by atoms with Crippen LogP contribution in [0, 0.1) is 0 Å². The van der Waals surface area contributed by atoms with Crippen LogP contribution in [0.5, 0.6) is 0 Å². The number of hydrogen-bond acceptors (Lipinski definition) is 5. The molecule has 4 nitrogen and oxygen atoms in total. The average Bonchev–Trinajstić information content (AvgIpc) is 2.38. The zero-order chi connectivity index (χ0) is 15.9. The molecule has 0 aliphatic heterocycles. The summed E-state index contributed by atoms with van der Waals surface area (Å²) in [7, 11) is 1.56. The summed E-state index contributed by atoms with van der Waals surface area (Å²) in [6.07, 6.45) is 0.360. The number of hydrogen-bond donors (Lipinski definition) is 1. The van der Waals surface area contributed by atoms with Crippen molar-refractivity contribution in [3.05, 3.63) is 29.8 Å². The molecular weight excluding hydrogens is 306 g/mol. The van der Waals surface area contributed by atoms with Crippen LogP contribution in [0.1, 0.15) is 26.3 Å². The highest BCUT2D eigenvalue weighted by Gasteiger charge is 2.15. The first-order valence-corrected chi connectivity index (χ1v) is 7.84. The molecule has 0 heterocycles. The molecule has 0 radical (unpaired) electrons. The van der Waals surface area contributed by atoms with Crippen molar-refractivity contribution in [2.75, 3.05) is 13.7 Å². The van der Waals surface area contributed by atoms with Crippen molar-refractivity contribution >= 4 is 34.5 Å². The fourth-order valence-corrected chi connectivity index (χ4v) is 2.32. The van der Waals surface area contributed by atoms with Crippen LogP contribution in [-0.4, -0.2) is 29.7 Å². The van der Waals surface area contributed by atoms with Gasteiger partial charge in [-0.3, -0.25) is 0 Å². The molecule has 0 aliphatic rings. The van der Waals surface area contributed by atoms with Crippen LogP contribution in [-0.2, 0) is 15.9 Å². The molecule has 0 saturated heterocycles. The van der Waals surface area contributed by atoms with Crippen LogP contribution < -0.4 is 5.32 Å². The van der Waals surface area contributed by atoms with Gasteiger partial charge in [0.05, 0.1) is 7.11 Å². The molecule has 0 bridgehead atoms. The zero-order valence-electron chi connectivity index (χ0n) is 12.8. The van der Waals surface area contributed by atoms with E-state index in [1.54, 1.807) is 7.11 Å². The summed E-state index contributed by atoms with van der Waals surface area (Å²) in [5.74, 6) is 0. The highest BCUT2D eigenvalue weighted by atomic mass is 32.2. The van der Waals surface area contributed by atoms with Crippen LogP contribution in [0.25, 0.3) is 0 Å². The van der Waals surface area contributed by atoms with Crippen molar-refractivity contribution in [3.63, 3.8) is 0 Å². The smallest absolute Gasteiger partial charge is 0.407 e. The van der Waals surface area contributed by atoms with Gasteiger partial charge in [0, 0.05) is 11.4 Å². The van der Waals surface area contributed by atoms with Gasteiger partial charge in [-0.1, -0.05) is 12.1 Å². The molecule has 21 heavy (non-hydrogen) atoms. The Morgan fingerprint density at radius 1 is 1.29 bits per heavy atom. The van der Waals surface area contributed by atoms with Gasteiger partial charge in [-0.2, -0.15) is 0 Å². The largest absolute Gasteiger partial charge is 0.482 e.